The Hall–Kier alpha value is -4.93. The molecule has 33 heavy (non-hydrogen) atoms. The molecule has 5 rings (SSSR count). The lowest BCUT2D eigenvalue weighted by atomic mass is 10.0. The summed E-state index contributed by atoms with van der Waals surface area (Å²) in [5.74, 6) is -0.943. The third-order valence-electron chi connectivity index (χ3n) is 5.27. The van der Waals surface area contributed by atoms with Gasteiger partial charge in [-0.05, 0) is 35.9 Å². The molecule has 0 saturated heterocycles. The van der Waals surface area contributed by atoms with Crippen LogP contribution in [-0.4, -0.2) is 41.5 Å². The van der Waals surface area contributed by atoms with Gasteiger partial charge in [0.25, 0.3) is 0 Å². The molecule has 0 unspecified atom stereocenters. The molecule has 2 aromatic carbocycles. The molecule has 0 aliphatic carbocycles. The normalized spacial score (nSPS) is 11.1. The number of amides is 2. The van der Waals surface area contributed by atoms with Gasteiger partial charge in [-0.15, -0.1) is 0 Å². The van der Waals surface area contributed by atoms with Gasteiger partial charge in [-0.2, -0.15) is 10.2 Å². The number of carboxylic acids is 1. The summed E-state index contributed by atoms with van der Waals surface area (Å²) in [4.78, 5) is 28.2. The number of urea groups is 1. The number of nitrogens with one attached hydrogen (secondary N) is 2. The van der Waals surface area contributed by atoms with Crippen LogP contribution < -0.4 is 16.4 Å². The van der Waals surface area contributed by atoms with E-state index in [1.165, 1.54) is 17.0 Å². The average molecular weight is 442 g/mol. The summed E-state index contributed by atoms with van der Waals surface area (Å²) < 4.78 is 3.14. The van der Waals surface area contributed by atoms with Crippen LogP contribution in [0.5, 0.6) is 0 Å². The number of hydrogen-bond donors (Lipinski definition) is 4. The van der Waals surface area contributed by atoms with Crippen molar-refractivity contribution in [2.45, 2.75) is 0 Å². The molecule has 3 aromatic heterocycles. The molecular weight excluding hydrogens is 424 g/mol. The van der Waals surface area contributed by atoms with Gasteiger partial charge in [0, 0.05) is 35.6 Å². The Kier molecular flexibility index (Phi) is 4.63. The number of anilines is 3. The third kappa shape index (κ3) is 3.57. The van der Waals surface area contributed by atoms with Crippen LogP contribution in [0, 0.1) is 0 Å². The fourth-order valence-corrected chi connectivity index (χ4v) is 3.74. The number of carbonyl (C=O) groups is 2. The first kappa shape index (κ1) is 20.0. The number of fused-ring (bicyclic) bond motifs is 2. The Labute approximate surface area is 186 Å². The number of carboxylic acid groups (broad SMARTS) is 1. The monoisotopic (exact) mass is 442 g/mol. The van der Waals surface area contributed by atoms with Crippen molar-refractivity contribution >= 4 is 45.6 Å². The summed E-state index contributed by atoms with van der Waals surface area (Å²) in [7, 11) is 1.85. The molecular formula is C22H18N8O3. The maximum absolute atomic E-state index is 12.4. The molecule has 2 amide bonds. The summed E-state index contributed by atoms with van der Waals surface area (Å²) in [5.41, 5.74) is 9.55. The van der Waals surface area contributed by atoms with Crippen molar-refractivity contribution in [2.24, 2.45) is 7.05 Å². The van der Waals surface area contributed by atoms with E-state index in [-0.39, 0.29) is 11.4 Å². The van der Waals surface area contributed by atoms with Gasteiger partial charge in [-0.25, -0.2) is 19.1 Å². The van der Waals surface area contributed by atoms with Crippen molar-refractivity contribution in [1.29, 1.82) is 0 Å². The molecule has 0 fully saturated rings. The molecule has 5 N–H and O–H groups in total. The van der Waals surface area contributed by atoms with Gasteiger partial charge in [0.15, 0.2) is 5.82 Å². The minimum absolute atomic E-state index is 0.0476. The zero-order valence-electron chi connectivity index (χ0n) is 17.4. The minimum Gasteiger partial charge on any atom is -0.478 e. The van der Waals surface area contributed by atoms with Gasteiger partial charge in [-0.3, -0.25) is 4.68 Å². The fourth-order valence-electron chi connectivity index (χ4n) is 3.74. The summed E-state index contributed by atoms with van der Waals surface area (Å²) in [6, 6.07) is 11.8. The minimum atomic E-state index is -1.11. The smallest absolute Gasteiger partial charge is 0.337 e. The number of aryl methyl sites for hydroxylation is 1. The maximum atomic E-state index is 12.4. The Bertz CT molecular complexity index is 1540. The molecule has 164 valence electrons. The predicted molar refractivity (Wildman–Crippen MR) is 123 cm³/mol. The predicted octanol–water partition coefficient (Wildman–Crippen LogP) is 3.21. The highest BCUT2D eigenvalue weighted by Gasteiger charge is 2.21. The van der Waals surface area contributed by atoms with Crippen molar-refractivity contribution in [3.05, 3.63) is 66.7 Å². The first-order valence-corrected chi connectivity index (χ1v) is 9.86. The van der Waals surface area contributed by atoms with E-state index >= 15 is 0 Å². The lowest BCUT2D eigenvalue weighted by Gasteiger charge is -2.09. The van der Waals surface area contributed by atoms with Crippen LogP contribution in [0.1, 0.15) is 10.4 Å². The van der Waals surface area contributed by atoms with Crippen LogP contribution in [0.4, 0.5) is 22.0 Å². The largest absolute Gasteiger partial charge is 0.478 e. The van der Waals surface area contributed by atoms with Crippen molar-refractivity contribution in [1.82, 2.24) is 24.4 Å². The molecule has 0 spiro atoms. The van der Waals surface area contributed by atoms with E-state index in [2.05, 4.69) is 25.8 Å². The van der Waals surface area contributed by atoms with Gasteiger partial charge < -0.3 is 21.5 Å². The molecule has 11 nitrogen and oxygen atoms in total. The molecule has 0 atom stereocenters. The number of aromatic carboxylic acids is 1. The number of carbonyl (C=O) groups excluding carboxylic acids is 1. The van der Waals surface area contributed by atoms with Crippen LogP contribution in [0.2, 0.25) is 0 Å². The molecule has 3 heterocycles. The molecule has 0 radical (unpaired) electrons. The number of hydrogen-bond acceptors (Lipinski definition) is 6. The first-order chi connectivity index (χ1) is 15.9. The first-order valence-electron chi connectivity index (χ1n) is 9.86. The van der Waals surface area contributed by atoms with E-state index in [1.54, 1.807) is 41.2 Å². The van der Waals surface area contributed by atoms with Crippen LogP contribution in [0.15, 0.2) is 61.2 Å². The van der Waals surface area contributed by atoms with Crippen molar-refractivity contribution in [2.75, 3.05) is 16.4 Å². The number of nitrogen functional groups attached to an aromatic ring is 1. The van der Waals surface area contributed by atoms with E-state index in [0.717, 1.165) is 10.9 Å². The summed E-state index contributed by atoms with van der Waals surface area (Å²) >= 11 is 0. The molecule has 0 aliphatic heterocycles. The SMILES string of the molecule is Cn1ncc2cc(NC(=O)Nc3ccc(-c4c(C(=O)O)cn5ncnc(N)c45)cc3)ccc21. The second-order valence-corrected chi connectivity index (χ2v) is 7.36. The van der Waals surface area contributed by atoms with Crippen LogP contribution in [0.3, 0.4) is 0 Å². The molecule has 0 bridgehead atoms. The maximum Gasteiger partial charge on any atom is 0.337 e. The average Bonchev–Trinajstić information content (AvgIpc) is 3.36. The second-order valence-electron chi connectivity index (χ2n) is 7.36. The summed E-state index contributed by atoms with van der Waals surface area (Å²) in [6.45, 7) is 0. The zero-order chi connectivity index (χ0) is 23.1. The molecule has 11 heteroatoms. The second kappa shape index (κ2) is 7.64. The van der Waals surface area contributed by atoms with Gasteiger partial charge in [0.05, 0.1) is 17.3 Å². The number of benzene rings is 2. The third-order valence-corrected chi connectivity index (χ3v) is 5.27. The number of nitrogens with two attached hydrogens (primary N) is 1. The molecule has 5 aromatic rings. The zero-order valence-corrected chi connectivity index (χ0v) is 17.4. The van der Waals surface area contributed by atoms with Gasteiger partial charge in [-0.1, -0.05) is 12.1 Å². The molecule has 0 aliphatic rings. The summed E-state index contributed by atoms with van der Waals surface area (Å²) in [6.07, 6.45) is 4.38. The summed E-state index contributed by atoms with van der Waals surface area (Å²) in [5, 5.41) is 24.3. The quantitative estimate of drug-likeness (QED) is 0.333. The number of aromatic nitrogens is 5. The highest BCUT2D eigenvalue weighted by atomic mass is 16.4. The Morgan fingerprint density at radius 3 is 2.52 bits per heavy atom. The Morgan fingerprint density at radius 2 is 1.76 bits per heavy atom. The van der Waals surface area contributed by atoms with Crippen molar-refractivity contribution < 1.29 is 14.7 Å². The highest BCUT2D eigenvalue weighted by Crippen LogP contribution is 2.33. The number of nitrogens with zero attached hydrogens (tertiary/aromatic N) is 5. The lowest BCUT2D eigenvalue weighted by Crippen LogP contribution is -2.19. The van der Waals surface area contributed by atoms with E-state index < -0.39 is 12.0 Å². The van der Waals surface area contributed by atoms with Crippen LogP contribution >= 0.6 is 0 Å². The van der Waals surface area contributed by atoms with Crippen LogP contribution in [-0.2, 0) is 7.05 Å². The van der Waals surface area contributed by atoms with Gasteiger partial charge >= 0.3 is 12.0 Å². The van der Waals surface area contributed by atoms with E-state index in [4.69, 9.17) is 5.73 Å². The Balaban J connectivity index is 1.38. The van der Waals surface area contributed by atoms with Gasteiger partial charge in [0.1, 0.15) is 11.8 Å². The Morgan fingerprint density at radius 1 is 1.03 bits per heavy atom. The number of rotatable bonds is 4. The van der Waals surface area contributed by atoms with E-state index in [1.807, 2.05) is 19.2 Å². The van der Waals surface area contributed by atoms with Crippen LogP contribution in [0.25, 0.3) is 27.5 Å². The van der Waals surface area contributed by atoms with E-state index in [9.17, 15) is 14.7 Å². The van der Waals surface area contributed by atoms with E-state index in [0.29, 0.717) is 28.0 Å². The highest BCUT2D eigenvalue weighted by molar-refractivity contribution is 6.04. The topological polar surface area (TPSA) is 152 Å². The lowest BCUT2D eigenvalue weighted by molar-refractivity contribution is 0.0697. The molecule has 0 saturated carbocycles. The van der Waals surface area contributed by atoms with Crippen molar-refractivity contribution in [3.63, 3.8) is 0 Å². The standard InChI is InChI=1S/C22H18N8O3/c1-29-17-7-6-15(8-13(17)9-25-29)28-22(33)27-14-4-2-12(3-5-14)18-16(21(31)32)10-30-19(18)20(23)24-11-26-30/h2-11H,1H3,(H,31,32)(H2,23,24,26)(H2,27,28,33). The van der Waals surface area contributed by atoms with Gasteiger partial charge in [0.2, 0.25) is 0 Å². The fraction of sp³-hybridized carbons (Fsp3) is 0.0455. The van der Waals surface area contributed by atoms with Crippen molar-refractivity contribution in [3.8, 4) is 11.1 Å².